The molecule has 0 unspecified atom stereocenters. The molecular formula is C10H8N4O3. The van der Waals surface area contributed by atoms with Crippen molar-refractivity contribution in [2.24, 2.45) is 0 Å². The highest BCUT2D eigenvalue weighted by molar-refractivity contribution is 6.08. The third-order valence-corrected chi connectivity index (χ3v) is 2.01. The van der Waals surface area contributed by atoms with E-state index in [-0.39, 0.29) is 11.4 Å². The van der Waals surface area contributed by atoms with Crippen molar-refractivity contribution in [3.63, 3.8) is 0 Å². The molecule has 17 heavy (non-hydrogen) atoms. The molecule has 3 N–H and O–H groups in total. The predicted octanol–water partition coefficient (Wildman–Crippen LogP) is 0.755. The lowest BCUT2D eigenvalue weighted by Crippen LogP contribution is -2.16. The van der Waals surface area contributed by atoms with Gasteiger partial charge in [-0.15, -0.1) is 0 Å². The predicted molar refractivity (Wildman–Crippen MR) is 57.7 cm³/mol. The Labute approximate surface area is 95.5 Å². The van der Waals surface area contributed by atoms with E-state index < -0.39 is 11.9 Å². The van der Waals surface area contributed by atoms with E-state index in [2.05, 4.69) is 20.3 Å². The van der Waals surface area contributed by atoms with E-state index in [4.69, 9.17) is 5.11 Å². The highest BCUT2D eigenvalue weighted by Crippen LogP contribution is 2.08. The number of H-pyrrole nitrogens is 1. The van der Waals surface area contributed by atoms with Crippen LogP contribution in [0.5, 0.6) is 0 Å². The number of carbonyl (C=O) groups excluding carboxylic acids is 1. The van der Waals surface area contributed by atoms with Crippen LogP contribution in [0.3, 0.4) is 0 Å². The van der Waals surface area contributed by atoms with Gasteiger partial charge in [-0.1, -0.05) is 0 Å². The van der Waals surface area contributed by atoms with Crippen LogP contribution in [0.1, 0.15) is 21.0 Å². The van der Waals surface area contributed by atoms with E-state index >= 15 is 0 Å². The molecule has 7 heteroatoms. The fraction of sp³-hybridized carbons (Fsp3) is 0. The van der Waals surface area contributed by atoms with E-state index in [9.17, 15) is 9.59 Å². The molecule has 0 saturated carbocycles. The average molecular weight is 232 g/mol. The summed E-state index contributed by atoms with van der Waals surface area (Å²) < 4.78 is 0. The largest absolute Gasteiger partial charge is 0.477 e. The highest BCUT2D eigenvalue weighted by Gasteiger charge is 2.19. The normalized spacial score (nSPS) is 9.88. The minimum atomic E-state index is -1.23. The number of pyridine rings is 1. The zero-order valence-electron chi connectivity index (χ0n) is 8.54. The number of nitrogens with zero attached hydrogens (tertiary/aromatic N) is 2. The van der Waals surface area contributed by atoms with Gasteiger partial charge in [0.05, 0.1) is 6.33 Å². The number of aromatic nitrogens is 3. The van der Waals surface area contributed by atoms with Gasteiger partial charge in [0.1, 0.15) is 0 Å². The molecule has 0 saturated heterocycles. The second kappa shape index (κ2) is 4.44. The third kappa shape index (κ3) is 2.28. The number of hydrogen-bond acceptors (Lipinski definition) is 4. The van der Waals surface area contributed by atoms with Crippen LogP contribution in [0.15, 0.2) is 30.9 Å². The Morgan fingerprint density at radius 2 is 2.00 bits per heavy atom. The molecule has 0 aliphatic carbocycles. The van der Waals surface area contributed by atoms with E-state index in [0.29, 0.717) is 5.69 Å². The molecule has 2 heterocycles. The van der Waals surface area contributed by atoms with Crippen molar-refractivity contribution in [1.82, 2.24) is 15.0 Å². The van der Waals surface area contributed by atoms with Crippen molar-refractivity contribution in [2.45, 2.75) is 0 Å². The lowest BCUT2D eigenvalue weighted by molar-refractivity contribution is 0.0686. The second-order valence-electron chi connectivity index (χ2n) is 3.12. The van der Waals surface area contributed by atoms with Gasteiger partial charge in [-0.3, -0.25) is 9.78 Å². The lowest BCUT2D eigenvalue weighted by Gasteiger charge is -2.02. The van der Waals surface area contributed by atoms with Crippen LogP contribution in [0.4, 0.5) is 5.69 Å². The second-order valence-corrected chi connectivity index (χ2v) is 3.12. The first-order chi connectivity index (χ1) is 8.18. The number of carboxylic acid groups (broad SMARTS) is 1. The quantitative estimate of drug-likeness (QED) is 0.723. The minimum Gasteiger partial charge on any atom is -0.477 e. The van der Waals surface area contributed by atoms with Crippen LogP contribution in [0.2, 0.25) is 0 Å². The van der Waals surface area contributed by atoms with Gasteiger partial charge in [0.25, 0.3) is 5.91 Å². The number of aromatic carboxylic acids is 1. The molecule has 0 aromatic carbocycles. The average Bonchev–Trinajstić information content (AvgIpc) is 2.79. The summed E-state index contributed by atoms with van der Waals surface area (Å²) in [6.07, 6.45) is 4.18. The highest BCUT2D eigenvalue weighted by atomic mass is 16.4. The molecule has 1 amide bonds. The van der Waals surface area contributed by atoms with E-state index in [1.165, 1.54) is 12.4 Å². The molecule has 86 valence electrons. The van der Waals surface area contributed by atoms with Crippen molar-refractivity contribution in [3.05, 3.63) is 42.2 Å². The Hall–Kier alpha value is -2.70. The molecule has 0 fully saturated rings. The van der Waals surface area contributed by atoms with Crippen LogP contribution >= 0.6 is 0 Å². The maximum Gasteiger partial charge on any atom is 0.354 e. The summed E-state index contributed by atoms with van der Waals surface area (Å²) in [7, 11) is 0. The molecule has 0 bridgehead atoms. The third-order valence-electron chi connectivity index (χ3n) is 2.01. The molecule has 2 aromatic rings. The van der Waals surface area contributed by atoms with Crippen molar-refractivity contribution >= 4 is 17.6 Å². The molecule has 7 nitrogen and oxygen atoms in total. The number of imidazole rings is 1. The number of carboxylic acids is 1. The molecule has 0 aliphatic rings. The Bertz CT molecular complexity index is 550. The van der Waals surface area contributed by atoms with Gasteiger partial charge in [-0.05, 0) is 12.1 Å². The summed E-state index contributed by atoms with van der Waals surface area (Å²) in [5, 5.41) is 11.3. The van der Waals surface area contributed by atoms with Gasteiger partial charge in [0.15, 0.2) is 11.4 Å². The van der Waals surface area contributed by atoms with Gasteiger partial charge in [0, 0.05) is 18.1 Å². The first kappa shape index (κ1) is 10.8. The summed E-state index contributed by atoms with van der Waals surface area (Å²) >= 11 is 0. The van der Waals surface area contributed by atoms with Crippen molar-refractivity contribution in [3.8, 4) is 0 Å². The van der Waals surface area contributed by atoms with E-state index in [1.807, 2.05) is 0 Å². The summed E-state index contributed by atoms with van der Waals surface area (Å²) in [4.78, 5) is 32.4. The lowest BCUT2D eigenvalue weighted by atomic mass is 10.3. The van der Waals surface area contributed by atoms with Gasteiger partial charge in [0.2, 0.25) is 0 Å². The SMILES string of the molecule is O=C(Nc1ccncc1)c1nc[nH]c1C(=O)O. The van der Waals surface area contributed by atoms with E-state index in [0.717, 1.165) is 6.33 Å². The van der Waals surface area contributed by atoms with Crippen LogP contribution in [0.25, 0.3) is 0 Å². The fourth-order valence-electron chi connectivity index (χ4n) is 1.26. The fourth-order valence-corrected chi connectivity index (χ4v) is 1.26. The van der Waals surface area contributed by atoms with Crippen molar-refractivity contribution < 1.29 is 14.7 Å². The van der Waals surface area contributed by atoms with Gasteiger partial charge < -0.3 is 15.4 Å². The van der Waals surface area contributed by atoms with Crippen molar-refractivity contribution in [2.75, 3.05) is 5.32 Å². The van der Waals surface area contributed by atoms with Crippen molar-refractivity contribution in [1.29, 1.82) is 0 Å². The maximum atomic E-state index is 11.7. The first-order valence-electron chi connectivity index (χ1n) is 4.66. The standard InChI is InChI=1S/C10H8N4O3/c15-9(14-6-1-3-11-4-2-6)7-8(10(16)17)13-5-12-7/h1-5H,(H,12,13)(H,16,17)(H,11,14,15). The monoisotopic (exact) mass is 232 g/mol. The topological polar surface area (TPSA) is 108 Å². The Morgan fingerprint density at radius 3 is 2.65 bits per heavy atom. The number of aromatic amines is 1. The summed E-state index contributed by atoms with van der Waals surface area (Å²) in [5.74, 6) is -1.82. The summed E-state index contributed by atoms with van der Waals surface area (Å²) in [6.45, 7) is 0. The maximum absolute atomic E-state index is 11.7. The van der Waals surface area contributed by atoms with Gasteiger partial charge in [-0.25, -0.2) is 9.78 Å². The molecule has 0 spiro atoms. The Morgan fingerprint density at radius 1 is 1.29 bits per heavy atom. The first-order valence-corrected chi connectivity index (χ1v) is 4.66. The zero-order chi connectivity index (χ0) is 12.3. The minimum absolute atomic E-state index is 0.158. The molecule has 2 rings (SSSR count). The summed E-state index contributed by atoms with van der Waals surface area (Å²) in [5.41, 5.74) is 0.121. The number of rotatable bonds is 3. The smallest absolute Gasteiger partial charge is 0.354 e. The van der Waals surface area contributed by atoms with Crippen LogP contribution in [0, 0.1) is 0 Å². The van der Waals surface area contributed by atoms with Gasteiger partial charge >= 0.3 is 5.97 Å². The number of carbonyl (C=O) groups is 2. The summed E-state index contributed by atoms with van der Waals surface area (Å²) in [6, 6.07) is 3.18. The number of anilines is 1. The number of hydrogen-bond donors (Lipinski definition) is 3. The zero-order valence-corrected chi connectivity index (χ0v) is 8.54. The van der Waals surface area contributed by atoms with Crippen LogP contribution in [-0.2, 0) is 0 Å². The molecule has 0 aliphatic heterocycles. The van der Waals surface area contributed by atoms with Crippen LogP contribution < -0.4 is 5.32 Å². The van der Waals surface area contributed by atoms with Gasteiger partial charge in [-0.2, -0.15) is 0 Å². The Kier molecular flexibility index (Phi) is 2.82. The molecule has 2 aromatic heterocycles. The van der Waals surface area contributed by atoms with Crippen LogP contribution in [-0.4, -0.2) is 31.9 Å². The Balaban J connectivity index is 2.21. The molecule has 0 radical (unpaired) electrons. The van der Waals surface area contributed by atoms with E-state index in [1.54, 1.807) is 12.1 Å². The molecule has 0 atom stereocenters. The number of nitrogens with one attached hydrogen (secondary N) is 2. The number of amides is 1. The molecular weight excluding hydrogens is 224 g/mol.